The molecule has 0 saturated carbocycles. The van der Waals surface area contributed by atoms with Crippen molar-refractivity contribution < 1.29 is 19.9 Å². The molecular weight excluding hydrogens is 304 g/mol. The Morgan fingerprint density at radius 1 is 1.29 bits per heavy atom. The zero-order chi connectivity index (χ0) is 17.0. The van der Waals surface area contributed by atoms with Crippen LogP contribution in [0.1, 0.15) is 25.1 Å². The van der Waals surface area contributed by atoms with Crippen LogP contribution in [0.3, 0.4) is 0 Å². The number of ether oxygens (including phenoxy) is 2. The predicted octanol–water partition coefficient (Wildman–Crippen LogP) is 1.30. The van der Waals surface area contributed by atoms with Crippen molar-refractivity contribution in [2.75, 3.05) is 13.2 Å². The zero-order valence-electron chi connectivity index (χ0n) is 14.2. The molecule has 0 fully saturated rings. The summed E-state index contributed by atoms with van der Waals surface area (Å²) in [5, 5.41) is 12.2. The van der Waals surface area contributed by atoms with Crippen LogP contribution in [0.4, 0.5) is 0 Å². The second kappa shape index (κ2) is 7.20. The van der Waals surface area contributed by atoms with Crippen molar-refractivity contribution in [1.29, 1.82) is 0 Å². The summed E-state index contributed by atoms with van der Waals surface area (Å²) in [4.78, 5) is 4.26. The van der Waals surface area contributed by atoms with Crippen molar-refractivity contribution in [3.8, 4) is 11.5 Å². The average molecular weight is 329 g/mol. The van der Waals surface area contributed by atoms with Gasteiger partial charge in [0.1, 0.15) is 31.4 Å². The van der Waals surface area contributed by atoms with Gasteiger partial charge in [-0.2, -0.15) is 0 Å². The van der Waals surface area contributed by atoms with Gasteiger partial charge in [0.05, 0.1) is 5.69 Å². The molecule has 0 bridgehead atoms. The second-order valence-electron chi connectivity index (χ2n) is 6.80. The maximum Gasteiger partial charge on any atom is 0.165 e. The lowest BCUT2D eigenvalue weighted by Gasteiger charge is -2.18. The molecule has 24 heavy (non-hydrogen) atoms. The molecule has 1 atom stereocenters. The van der Waals surface area contributed by atoms with E-state index in [0.29, 0.717) is 12.3 Å². The topological polar surface area (TPSA) is 68.2 Å². The number of aromatic nitrogens is 1. The summed E-state index contributed by atoms with van der Waals surface area (Å²) in [6.07, 6.45) is 2.11. The molecule has 1 aliphatic heterocycles. The molecule has 2 aromatic rings. The molecule has 0 aliphatic carbocycles. The Bertz CT molecular complexity index is 674. The van der Waals surface area contributed by atoms with Crippen molar-refractivity contribution in [1.82, 2.24) is 4.98 Å². The highest BCUT2D eigenvalue weighted by molar-refractivity contribution is 5.50. The van der Waals surface area contributed by atoms with E-state index in [9.17, 15) is 5.11 Å². The number of hydrogen-bond donors (Lipinski definition) is 2. The summed E-state index contributed by atoms with van der Waals surface area (Å²) in [5.41, 5.74) is 1.97. The summed E-state index contributed by atoms with van der Waals surface area (Å²) in [7, 11) is 0. The molecule has 0 unspecified atom stereocenters. The third-order valence-electron chi connectivity index (χ3n) is 4.00. The number of hydrogen-bond acceptors (Lipinski definition) is 4. The highest BCUT2D eigenvalue weighted by Gasteiger charge is 2.32. The average Bonchev–Trinajstić information content (AvgIpc) is 2.88. The number of nitrogens with zero attached hydrogens (tertiary/aromatic N) is 1. The number of benzene rings is 1. The smallest absolute Gasteiger partial charge is 0.165 e. The third-order valence-corrected chi connectivity index (χ3v) is 4.00. The van der Waals surface area contributed by atoms with E-state index in [1.807, 2.05) is 35.6 Å². The van der Waals surface area contributed by atoms with Gasteiger partial charge < -0.3 is 19.9 Å². The van der Waals surface area contributed by atoms with Gasteiger partial charge in [-0.25, -0.2) is 0 Å². The Morgan fingerprint density at radius 3 is 2.96 bits per heavy atom. The molecule has 0 spiro atoms. The Morgan fingerprint density at radius 2 is 2.17 bits per heavy atom. The molecule has 5 heteroatoms. The summed E-state index contributed by atoms with van der Waals surface area (Å²) in [5.74, 6) is 1.52. The van der Waals surface area contributed by atoms with E-state index in [2.05, 4.69) is 24.9 Å². The zero-order valence-corrected chi connectivity index (χ0v) is 14.2. The van der Waals surface area contributed by atoms with E-state index in [1.54, 1.807) is 6.20 Å². The first-order chi connectivity index (χ1) is 11.5. The lowest BCUT2D eigenvalue weighted by Crippen LogP contribution is -2.85. The maximum absolute atomic E-state index is 10.1. The van der Waals surface area contributed by atoms with E-state index >= 15 is 0 Å². The normalized spacial score (nSPS) is 16.3. The largest absolute Gasteiger partial charge is 0.487 e. The van der Waals surface area contributed by atoms with Crippen LogP contribution in [0.2, 0.25) is 0 Å². The van der Waals surface area contributed by atoms with Gasteiger partial charge in [-0.1, -0.05) is 18.2 Å². The van der Waals surface area contributed by atoms with Crippen LogP contribution in [0.15, 0.2) is 42.6 Å². The Balaban J connectivity index is 1.47. The van der Waals surface area contributed by atoms with Gasteiger partial charge in [0.25, 0.3) is 0 Å². The van der Waals surface area contributed by atoms with Crippen LogP contribution < -0.4 is 14.8 Å². The van der Waals surface area contributed by atoms with Crippen LogP contribution >= 0.6 is 0 Å². The summed E-state index contributed by atoms with van der Waals surface area (Å²) in [6.45, 7) is 5.70. The minimum Gasteiger partial charge on any atom is -0.487 e. The van der Waals surface area contributed by atoms with Gasteiger partial charge >= 0.3 is 0 Å². The van der Waals surface area contributed by atoms with Crippen molar-refractivity contribution >= 4 is 0 Å². The van der Waals surface area contributed by atoms with Gasteiger partial charge in [0.15, 0.2) is 11.5 Å². The molecule has 5 nitrogen and oxygen atoms in total. The predicted molar refractivity (Wildman–Crippen MR) is 91.1 cm³/mol. The molecule has 1 aliphatic rings. The number of nitrogens with two attached hydrogens (primary N) is 1. The molecular formula is C19H25N2O3+. The third kappa shape index (κ3) is 4.24. The summed E-state index contributed by atoms with van der Waals surface area (Å²) < 4.78 is 11.8. The highest BCUT2D eigenvalue weighted by Crippen LogP contribution is 2.41. The fraction of sp³-hybridized carbons (Fsp3) is 0.421. The number of aliphatic hydroxyl groups is 1. The first-order valence-corrected chi connectivity index (χ1v) is 8.37. The number of para-hydroxylation sites is 1. The van der Waals surface area contributed by atoms with E-state index in [1.165, 1.54) is 0 Å². The number of rotatable bonds is 7. The number of quaternary nitrogens is 1. The van der Waals surface area contributed by atoms with E-state index in [4.69, 9.17) is 9.47 Å². The Labute approximate surface area is 142 Å². The van der Waals surface area contributed by atoms with Crippen LogP contribution in [0.25, 0.3) is 0 Å². The molecule has 1 aromatic heterocycles. The fourth-order valence-electron chi connectivity index (χ4n) is 2.90. The molecule has 128 valence electrons. The summed E-state index contributed by atoms with van der Waals surface area (Å²) >= 11 is 0. The van der Waals surface area contributed by atoms with Gasteiger partial charge in [-0.15, -0.1) is 0 Å². The summed E-state index contributed by atoms with van der Waals surface area (Å²) in [6, 6.07) is 11.8. The van der Waals surface area contributed by atoms with Crippen LogP contribution in [0, 0.1) is 0 Å². The Hall–Kier alpha value is -2.11. The lowest BCUT2D eigenvalue weighted by molar-refractivity contribution is -0.677. The maximum atomic E-state index is 10.1. The van der Waals surface area contributed by atoms with E-state index < -0.39 is 6.10 Å². The van der Waals surface area contributed by atoms with Crippen LogP contribution in [-0.2, 0) is 13.0 Å². The molecule has 3 N–H and O–H groups in total. The minimum atomic E-state index is -0.543. The monoisotopic (exact) mass is 329 g/mol. The fourth-order valence-corrected chi connectivity index (χ4v) is 2.90. The molecule has 0 amide bonds. The number of fused-ring (bicyclic) bond motifs is 1. The SMILES string of the molecule is CC1(C)Cc2cccc(OC[C@H](O)C[NH2+]Cc3ccccn3)c2O1. The second-order valence-corrected chi connectivity index (χ2v) is 6.80. The van der Waals surface area contributed by atoms with Crippen molar-refractivity contribution in [3.05, 3.63) is 53.9 Å². The molecule has 0 radical (unpaired) electrons. The van der Waals surface area contributed by atoms with E-state index in [-0.39, 0.29) is 12.2 Å². The van der Waals surface area contributed by atoms with Gasteiger partial charge in [-0.05, 0) is 32.0 Å². The minimum absolute atomic E-state index is 0.198. The van der Waals surface area contributed by atoms with Gasteiger partial charge in [0.2, 0.25) is 0 Å². The molecule has 2 heterocycles. The molecule has 1 aromatic carbocycles. The van der Waals surface area contributed by atoms with Crippen molar-refractivity contribution in [3.63, 3.8) is 0 Å². The van der Waals surface area contributed by atoms with Crippen molar-refractivity contribution in [2.24, 2.45) is 0 Å². The number of aliphatic hydroxyl groups excluding tert-OH is 1. The first-order valence-electron chi connectivity index (χ1n) is 8.37. The Kier molecular flexibility index (Phi) is 5.02. The lowest BCUT2D eigenvalue weighted by atomic mass is 10.0. The molecule has 3 rings (SSSR count). The highest BCUT2D eigenvalue weighted by atomic mass is 16.5. The van der Waals surface area contributed by atoms with Crippen molar-refractivity contribution in [2.45, 2.75) is 38.5 Å². The molecule has 0 saturated heterocycles. The van der Waals surface area contributed by atoms with Gasteiger partial charge in [0, 0.05) is 18.2 Å². The standard InChI is InChI=1S/C19H24N2O3/c1-19(2)10-14-6-5-8-17(18(14)24-19)23-13-16(22)12-20-11-15-7-3-4-9-21-15/h3-9,16,20,22H,10-13H2,1-2H3/p+1/t16-/m1/s1. The van der Waals surface area contributed by atoms with E-state index in [0.717, 1.165) is 30.0 Å². The van der Waals surface area contributed by atoms with Crippen LogP contribution in [-0.4, -0.2) is 34.9 Å². The van der Waals surface area contributed by atoms with Crippen LogP contribution in [0.5, 0.6) is 11.5 Å². The first kappa shape index (κ1) is 16.7. The number of pyridine rings is 1. The quantitative estimate of drug-likeness (QED) is 0.803. The van der Waals surface area contributed by atoms with Gasteiger partial charge in [-0.3, -0.25) is 4.98 Å².